The number of carboxylic acids is 1. The molecule has 0 aromatic carbocycles. The molecule has 0 radical (unpaired) electrons. The Morgan fingerprint density at radius 2 is 1.70 bits per heavy atom. The summed E-state index contributed by atoms with van der Waals surface area (Å²) in [7, 11) is -3.31. The van der Waals surface area contributed by atoms with E-state index >= 15 is 0 Å². The standard InChI is InChI=1S/C12H27N2O5P/c1-9(2)18-20(17,19-10(3)4)14-8-6-5-7-11(13)12(15)16/h9-11H,5-8,13H2,1-4H3,(H,14,17)(H,15,16)/t11-/m0/s1. The van der Waals surface area contributed by atoms with Gasteiger partial charge in [-0.2, -0.15) is 0 Å². The fraction of sp³-hybridized carbons (Fsp3) is 0.917. The molecule has 4 N–H and O–H groups in total. The van der Waals surface area contributed by atoms with Crippen LogP contribution in [0.25, 0.3) is 0 Å². The van der Waals surface area contributed by atoms with Gasteiger partial charge in [-0.05, 0) is 40.5 Å². The van der Waals surface area contributed by atoms with Gasteiger partial charge in [-0.1, -0.05) is 6.42 Å². The number of carbonyl (C=O) groups is 1. The molecule has 120 valence electrons. The molecule has 7 nitrogen and oxygen atoms in total. The summed E-state index contributed by atoms with van der Waals surface area (Å²) in [6.45, 7) is 7.55. The van der Waals surface area contributed by atoms with Gasteiger partial charge in [0.2, 0.25) is 0 Å². The maximum absolute atomic E-state index is 12.4. The molecule has 0 aromatic rings. The van der Waals surface area contributed by atoms with Gasteiger partial charge in [0.05, 0.1) is 12.2 Å². The lowest BCUT2D eigenvalue weighted by atomic mass is 10.1. The number of nitrogens with one attached hydrogen (secondary N) is 1. The molecule has 0 aliphatic heterocycles. The van der Waals surface area contributed by atoms with Crippen molar-refractivity contribution >= 4 is 13.7 Å². The van der Waals surface area contributed by atoms with Gasteiger partial charge in [-0.3, -0.25) is 13.8 Å². The van der Waals surface area contributed by atoms with Crippen molar-refractivity contribution in [3.63, 3.8) is 0 Å². The highest BCUT2D eigenvalue weighted by molar-refractivity contribution is 7.51. The Labute approximate surface area is 120 Å². The topological polar surface area (TPSA) is 111 Å². The monoisotopic (exact) mass is 310 g/mol. The summed E-state index contributed by atoms with van der Waals surface area (Å²) < 4.78 is 23.0. The van der Waals surface area contributed by atoms with E-state index in [0.29, 0.717) is 25.8 Å². The van der Waals surface area contributed by atoms with E-state index in [4.69, 9.17) is 19.9 Å². The Kier molecular flexibility index (Phi) is 9.25. The van der Waals surface area contributed by atoms with Crippen LogP contribution in [0.1, 0.15) is 47.0 Å². The van der Waals surface area contributed by atoms with E-state index < -0.39 is 19.8 Å². The average Bonchev–Trinajstić information content (AvgIpc) is 2.25. The van der Waals surface area contributed by atoms with E-state index in [1.165, 1.54) is 0 Å². The van der Waals surface area contributed by atoms with Crippen LogP contribution in [0.2, 0.25) is 0 Å². The van der Waals surface area contributed by atoms with Crippen molar-refractivity contribution < 1.29 is 23.5 Å². The fourth-order valence-electron chi connectivity index (χ4n) is 1.48. The first-order valence-corrected chi connectivity index (χ1v) is 8.41. The predicted molar refractivity (Wildman–Crippen MR) is 77.5 cm³/mol. The number of hydrogen-bond donors (Lipinski definition) is 3. The second kappa shape index (κ2) is 9.47. The average molecular weight is 310 g/mol. The molecule has 0 unspecified atom stereocenters. The smallest absolute Gasteiger partial charge is 0.406 e. The van der Waals surface area contributed by atoms with Gasteiger partial charge in [-0.25, -0.2) is 9.65 Å². The molecule has 0 fully saturated rings. The second-order valence-electron chi connectivity index (χ2n) is 5.15. The van der Waals surface area contributed by atoms with Crippen molar-refractivity contribution in [2.24, 2.45) is 5.73 Å². The first-order valence-electron chi connectivity index (χ1n) is 6.86. The number of unbranched alkanes of at least 4 members (excludes halogenated alkanes) is 1. The fourth-order valence-corrected chi connectivity index (χ4v) is 3.22. The molecular formula is C12H27N2O5P. The Morgan fingerprint density at radius 3 is 2.10 bits per heavy atom. The molecule has 0 spiro atoms. The van der Waals surface area contributed by atoms with E-state index in [9.17, 15) is 9.36 Å². The van der Waals surface area contributed by atoms with Crippen molar-refractivity contribution in [3.8, 4) is 0 Å². The number of carboxylic acid groups (broad SMARTS) is 1. The minimum Gasteiger partial charge on any atom is -0.480 e. The van der Waals surface area contributed by atoms with Crippen LogP contribution in [0, 0.1) is 0 Å². The lowest BCUT2D eigenvalue weighted by Gasteiger charge is -2.23. The molecule has 0 rings (SSSR count). The summed E-state index contributed by atoms with van der Waals surface area (Å²) in [5.41, 5.74) is 5.39. The molecule has 1 atom stereocenters. The predicted octanol–water partition coefficient (Wildman–Crippen LogP) is 2.12. The van der Waals surface area contributed by atoms with Crippen LogP contribution in [0.4, 0.5) is 0 Å². The van der Waals surface area contributed by atoms with Crippen molar-refractivity contribution in [1.82, 2.24) is 5.09 Å². The van der Waals surface area contributed by atoms with Gasteiger partial charge in [0.25, 0.3) is 0 Å². The van der Waals surface area contributed by atoms with Crippen LogP contribution in [0.15, 0.2) is 0 Å². The maximum atomic E-state index is 12.4. The summed E-state index contributed by atoms with van der Waals surface area (Å²) in [4.78, 5) is 10.5. The van der Waals surface area contributed by atoms with Crippen molar-refractivity contribution in [2.75, 3.05) is 6.54 Å². The van der Waals surface area contributed by atoms with Crippen LogP contribution < -0.4 is 10.8 Å². The van der Waals surface area contributed by atoms with Crippen LogP contribution in [0.3, 0.4) is 0 Å². The number of aliphatic carboxylic acids is 1. The molecule has 0 aliphatic rings. The van der Waals surface area contributed by atoms with Gasteiger partial charge in [0.1, 0.15) is 6.04 Å². The van der Waals surface area contributed by atoms with Crippen molar-refractivity contribution in [2.45, 2.75) is 65.2 Å². The van der Waals surface area contributed by atoms with E-state index in [0.717, 1.165) is 0 Å². The number of hydrogen-bond acceptors (Lipinski definition) is 5. The second-order valence-corrected chi connectivity index (χ2v) is 6.89. The molecule has 8 heteroatoms. The number of nitrogens with two attached hydrogens (primary N) is 1. The van der Waals surface area contributed by atoms with Crippen LogP contribution in [-0.4, -0.2) is 35.9 Å². The summed E-state index contributed by atoms with van der Waals surface area (Å²) in [5.74, 6) is -1.00. The van der Waals surface area contributed by atoms with Gasteiger partial charge in [-0.15, -0.1) is 0 Å². The Balaban J connectivity index is 4.09. The van der Waals surface area contributed by atoms with Gasteiger partial charge in [0, 0.05) is 6.54 Å². The van der Waals surface area contributed by atoms with E-state index in [-0.39, 0.29) is 12.2 Å². The normalized spacial score (nSPS) is 13.9. The van der Waals surface area contributed by atoms with Crippen molar-refractivity contribution in [1.29, 1.82) is 0 Å². The van der Waals surface area contributed by atoms with E-state index in [1.54, 1.807) is 27.7 Å². The Morgan fingerprint density at radius 1 is 1.20 bits per heavy atom. The molecule has 0 aromatic heterocycles. The Bertz CT molecular complexity index is 322. The third kappa shape index (κ3) is 9.44. The van der Waals surface area contributed by atoms with Gasteiger partial charge < -0.3 is 10.8 Å². The third-order valence-corrected chi connectivity index (χ3v) is 4.27. The largest absolute Gasteiger partial charge is 0.480 e. The molecule has 0 saturated heterocycles. The van der Waals surface area contributed by atoms with Crippen LogP contribution in [-0.2, 0) is 18.4 Å². The molecule has 0 aliphatic carbocycles. The van der Waals surface area contributed by atoms with E-state index in [2.05, 4.69) is 5.09 Å². The lowest BCUT2D eigenvalue weighted by Crippen LogP contribution is -2.30. The zero-order valence-corrected chi connectivity index (χ0v) is 13.6. The highest BCUT2D eigenvalue weighted by Gasteiger charge is 2.26. The van der Waals surface area contributed by atoms with Crippen LogP contribution >= 0.6 is 7.75 Å². The summed E-state index contributed by atoms with van der Waals surface area (Å²) in [6, 6.07) is -0.847. The van der Waals surface area contributed by atoms with E-state index in [1.807, 2.05) is 0 Å². The number of rotatable bonds is 11. The first-order chi connectivity index (χ1) is 9.16. The summed E-state index contributed by atoms with van der Waals surface area (Å²) in [6.07, 6.45) is 1.23. The molecule has 0 saturated carbocycles. The minimum absolute atomic E-state index is 0.215. The molecular weight excluding hydrogens is 283 g/mol. The zero-order chi connectivity index (χ0) is 15.8. The maximum Gasteiger partial charge on any atom is 0.406 e. The quantitative estimate of drug-likeness (QED) is 0.396. The first kappa shape index (κ1) is 19.5. The third-order valence-electron chi connectivity index (χ3n) is 2.26. The molecule has 0 heterocycles. The highest BCUT2D eigenvalue weighted by Crippen LogP contribution is 2.46. The minimum atomic E-state index is -3.31. The molecule has 0 amide bonds. The van der Waals surface area contributed by atoms with Gasteiger partial charge in [0.15, 0.2) is 0 Å². The van der Waals surface area contributed by atoms with Crippen molar-refractivity contribution in [3.05, 3.63) is 0 Å². The van der Waals surface area contributed by atoms with Crippen LogP contribution in [0.5, 0.6) is 0 Å². The molecule has 20 heavy (non-hydrogen) atoms. The summed E-state index contributed by atoms with van der Waals surface area (Å²) in [5, 5.41) is 11.4. The SMILES string of the molecule is CC(C)OP(=O)(NCCCC[C@H](N)C(=O)O)OC(C)C. The lowest BCUT2D eigenvalue weighted by molar-refractivity contribution is -0.138. The Hall–Kier alpha value is -0.460. The summed E-state index contributed by atoms with van der Waals surface area (Å²) >= 11 is 0. The zero-order valence-electron chi connectivity index (χ0n) is 12.7. The highest BCUT2D eigenvalue weighted by atomic mass is 31.2. The molecule has 0 bridgehead atoms. The van der Waals surface area contributed by atoms with Gasteiger partial charge >= 0.3 is 13.7 Å².